The first-order chi connectivity index (χ1) is 14.3. The van der Waals surface area contributed by atoms with E-state index in [-0.39, 0.29) is 6.10 Å². The summed E-state index contributed by atoms with van der Waals surface area (Å²) in [5.74, 6) is 0.664. The first-order valence-corrected chi connectivity index (χ1v) is 10.0. The molecular weight excluding hydrogens is 362 g/mol. The van der Waals surface area contributed by atoms with E-state index in [1.54, 1.807) is 0 Å². The Morgan fingerprint density at radius 3 is 2.59 bits per heavy atom. The van der Waals surface area contributed by atoms with E-state index in [1.165, 1.54) is 0 Å². The number of pyridine rings is 1. The maximum atomic E-state index is 6.17. The van der Waals surface area contributed by atoms with Crippen molar-refractivity contribution in [1.82, 2.24) is 24.9 Å². The van der Waals surface area contributed by atoms with Crippen molar-refractivity contribution >= 4 is 5.65 Å². The van der Waals surface area contributed by atoms with Crippen molar-refractivity contribution in [1.29, 1.82) is 0 Å². The second kappa shape index (κ2) is 7.64. The Balaban J connectivity index is 1.48. The second-order valence-electron chi connectivity index (χ2n) is 7.39. The SMILES string of the molecule is Cc1cc(OC2CCNCC2)nc2c(-c3ccc(-c4ccccc4)nc3)cnn12. The lowest BCUT2D eigenvalue weighted by Crippen LogP contribution is -2.34. The van der Waals surface area contributed by atoms with Gasteiger partial charge in [0.1, 0.15) is 6.10 Å². The van der Waals surface area contributed by atoms with Gasteiger partial charge in [-0.15, -0.1) is 0 Å². The standard InChI is InChI=1S/C23H23N5O/c1-16-13-22(29-19-9-11-24-12-10-19)27-23-20(15-26-28(16)23)18-7-8-21(25-14-18)17-5-3-2-4-6-17/h2-8,13-15,19,24H,9-12H2,1H3. The first-order valence-electron chi connectivity index (χ1n) is 10.0. The van der Waals surface area contributed by atoms with Crippen LogP contribution in [-0.4, -0.2) is 38.8 Å². The maximum Gasteiger partial charge on any atom is 0.217 e. The summed E-state index contributed by atoms with van der Waals surface area (Å²) in [7, 11) is 0. The lowest BCUT2D eigenvalue weighted by atomic mass is 10.1. The molecule has 3 aromatic heterocycles. The number of ether oxygens (including phenoxy) is 1. The van der Waals surface area contributed by atoms with Crippen molar-refractivity contribution in [2.75, 3.05) is 13.1 Å². The molecule has 6 nitrogen and oxygen atoms in total. The molecule has 6 heteroatoms. The van der Waals surface area contributed by atoms with E-state index in [9.17, 15) is 0 Å². The van der Waals surface area contributed by atoms with Crippen molar-refractivity contribution in [3.63, 3.8) is 0 Å². The molecule has 0 amide bonds. The molecular formula is C23H23N5O. The van der Waals surface area contributed by atoms with Crippen LogP contribution in [-0.2, 0) is 0 Å². The van der Waals surface area contributed by atoms with Crippen molar-refractivity contribution in [3.05, 3.63) is 66.6 Å². The molecule has 146 valence electrons. The number of aromatic nitrogens is 4. The minimum Gasteiger partial charge on any atom is -0.474 e. The summed E-state index contributed by atoms with van der Waals surface area (Å²) in [5, 5.41) is 7.89. The number of fused-ring (bicyclic) bond motifs is 1. The van der Waals surface area contributed by atoms with E-state index in [0.717, 1.165) is 59.7 Å². The van der Waals surface area contributed by atoms with Gasteiger partial charge in [-0.25, -0.2) is 4.52 Å². The highest BCUT2D eigenvalue weighted by molar-refractivity contribution is 5.77. The number of nitrogens with zero attached hydrogens (tertiary/aromatic N) is 4. The van der Waals surface area contributed by atoms with Gasteiger partial charge in [-0.05, 0) is 38.9 Å². The third kappa shape index (κ3) is 3.59. The van der Waals surface area contributed by atoms with E-state index in [1.807, 2.05) is 54.2 Å². The quantitative estimate of drug-likeness (QED) is 0.577. The average Bonchev–Trinajstić information content (AvgIpc) is 3.20. The zero-order valence-corrected chi connectivity index (χ0v) is 16.4. The van der Waals surface area contributed by atoms with E-state index in [2.05, 4.69) is 33.6 Å². The Morgan fingerprint density at radius 1 is 1.00 bits per heavy atom. The number of piperidine rings is 1. The summed E-state index contributed by atoms with van der Waals surface area (Å²) in [6, 6.07) is 16.2. The van der Waals surface area contributed by atoms with Crippen molar-refractivity contribution in [3.8, 4) is 28.3 Å². The molecule has 0 bridgehead atoms. The fourth-order valence-corrected chi connectivity index (χ4v) is 3.77. The minimum atomic E-state index is 0.212. The summed E-state index contributed by atoms with van der Waals surface area (Å²) in [4.78, 5) is 9.42. The van der Waals surface area contributed by atoms with Gasteiger partial charge in [-0.2, -0.15) is 10.1 Å². The number of aryl methyl sites for hydroxylation is 1. The van der Waals surface area contributed by atoms with Gasteiger partial charge in [0.2, 0.25) is 5.88 Å². The van der Waals surface area contributed by atoms with Gasteiger partial charge in [0.25, 0.3) is 0 Å². The van der Waals surface area contributed by atoms with Gasteiger partial charge in [0.05, 0.1) is 11.9 Å². The molecule has 4 heterocycles. The maximum absolute atomic E-state index is 6.17. The minimum absolute atomic E-state index is 0.212. The Morgan fingerprint density at radius 2 is 1.83 bits per heavy atom. The van der Waals surface area contributed by atoms with Gasteiger partial charge < -0.3 is 10.1 Å². The molecule has 1 fully saturated rings. The zero-order chi connectivity index (χ0) is 19.6. The molecule has 1 aliphatic rings. The van der Waals surface area contributed by atoms with Crippen LogP contribution in [0.15, 0.2) is 60.9 Å². The Kier molecular flexibility index (Phi) is 4.69. The predicted octanol–water partition coefficient (Wildman–Crippen LogP) is 3.90. The van der Waals surface area contributed by atoms with Crippen LogP contribution < -0.4 is 10.1 Å². The van der Waals surface area contributed by atoms with Gasteiger partial charge in [-0.1, -0.05) is 36.4 Å². The van der Waals surface area contributed by atoms with Gasteiger partial charge in [0, 0.05) is 34.6 Å². The highest BCUT2D eigenvalue weighted by atomic mass is 16.5. The molecule has 1 aromatic carbocycles. The van der Waals surface area contributed by atoms with Gasteiger partial charge in [0.15, 0.2) is 5.65 Å². The van der Waals surface area contributed by atoms with Crippen LogP contribution in [0, 0.1) is 6.92 Å². The Labute approximate surface area is 169 Å². The highest BCUT2D eigenvalue weighted by Gasteiger charge is 2.17. The molecule has 0 saturated carbocycles. The fraction of sp³-hybridized carbons (Fsp3) is 0.261. The van der Waals surface area contributed by atoms with E-state index in [4.69, 9.17) is 9.72 Å². The number of hydrogen-bond acceptors (Lipinski definition) is 5. The van der Waals surface area contributed by atoms with Crippen LogP contribution >= 0.6 is 0 Å². The summed E-state index contributed by atoms with van der Waals surface area (Å²) in [6.07, 6.45) is 5.95. The Hall–Kier alpha value is -3.25. The molecule has 0 unspecified atom stereocenters. The third-order valence-corrected chi connectivity index (χ3v) is 5.34. The Bertz CT molecular complexity index is 1120. The summed E-state index contributed by atoms with van der Waals surface area (Å²) >= 11 is 0. The summed E-state index contributed by atoms with van der Waals surface area (Å²) in [6.45, 7) is 4.00. The average molecular weight is 385 g/mol. The normalized spacial score (nSPS) is 14.9. The number of nitrogens with one attached hydrogen (secondary N) is 1. The summed E-state index contributed by atoms with van der Waals surface area (Å²) in [5.41, 5.74) is 5.79. The molecule has 1 saturated heterocycles. The molecule has 5 rings (SSSR count). The molecule has 29 heavy (non-hydrogen) atoms. The van der Waals surface area contributed by atoms with Crippen LogP contribution in [0.3, 0.4) is 0 Å². The smallest absolute Gasteiger partial charge is 0.217 e. The fourth-order valence-electron chi connectivity index (χ4n) is 3.77. The second-order valence-corrected chi connectivity index (χ2v) is 7.39. The zero-order valence-electron chi connectivity index (χ0n) is 16.4. The van der Waals surface area contributed by atoms with Crippen LogP contribution in [0.2, 0.25) is 0 Å². The van der Waals surface area contributed by atoms with Crippen LogP contribution in [0.1, 0.15) is 18.5 Å². The number of hydrogen-bond donors (Lipinski definition) is 1. The third-order valence-electron chi connectivity index (χ3n) is 5.34. The van der Waals surface area contributed by atoms with E-state index in [0.29, 0.717) is 5.88 Å². The monoisotopic (exact) mass is 385 g/mol. The van der Waals surface area contributed by atoms with Crippen LogP contribution in [0.5, 0.6) is 5.88 Å². The molecule has 1 N–H and O–H groups in total. The van der Waals surface area contributed by atoms with E-state index < -0.39 is 0 Å². The van der Waals surface area contributed by atoms with Crippen molar-refractivity contribution in [2.45, 2.75) is 25.9 Å². The molecule has 0 aliphatic carbocycles. The van der Waals surface area contributed by atoms with Crippen LogP contribution in [0.25, 0.3) is 28.0 Å². The molecule has 1 aliphatic heterocycles. The largest absolute Gasteiger partial charge is 0.474 e. The van der Waals surface area contributed by atoms with Crippen molar-refractivity contribution in [2.24, 2.45) is 0 Å². The van der Waals surface area contributed by atoms with Gasteiger partial charge >= 0.3 is 0 Å². The first kappa shape index (κ1) is 17.8. The topological polar surface area (TPSA) is 64.3 Å². The lowest BCUT2D eigenvalue weighted by Gasteiger charge is -2.23. The lowest BCUT2D eigenvalue weighted by molar-refractivity contribution is 0.156. The number of rotatable bonds is 4. The number of benzene rings is 1. The summed E-state index contributed by atoms with van der Waals surface area (Å²) < 4.78 is 8.03. The molecule has 4 aromatic rings. The molecule has 0 atom stereocenters. The molecule has 0 radical (unpaired) electrons. The van der Waals surface area contributed by atoms with E-state index >= 15 is 0 Å². The highest BCUT2D eigenvalue weighted by Crippen LogP contribution is 2.27. The van der Waals surface area contributed by atoms with Crippen molar-refractivity contribution < 1.29 is 4.74 Å². The molecule has 0 spiro atoms. The van der Waals surface area contributed by atoms with Gasteiger partial charge in [-0.3, -0.25) is 4.98 Å². The van der Waals surface area contributed by atoms with Crippen LogP contribution in [0.4, 0.5) is 0 Å². The predicted molar refractivity (Wildman–Crippen MR) is 113 cm³/mol.